The van der Waals surface area contributed by atoms with Crippen molar-refractivity contribution in [3.63, 3.8) is 0 Å². The third kappa shape index (κ3) is 1.05. The Balaban J connectivity index is 2.78. The first-order chi connectivity index (χ1) is 5.70. The van der Waals surface area contributed by atoms with Crippen LogP contribution in [0.1, 0.15) is 10.5 Å². The Morgan fingerprint density at radius 3 is 3.00 bits per heavy atom. The van der Waals surface area contributed by atoms with E-state index in [4.69, 9.17) is 5.11 Å². The number of aromatic nitrogens is 1. The van der Waals surface area contributed by atoms with E-state index in [-0.39, 0.29) is 20.2 Å². The van der Waals surface area contributed by atoms with E-state index in [0.717, 1.165) is 9.78 Å². The number of H-pyrrole nitrogens is 1. The van der Waals surface area contributed by atoms with Crippen LogP contribution in [0.4, 0.5) is 0 Å². The normalized spacial score (nSPS) is 10.8. The molecule has 0 fully saturated rings. The van der Waals surface area contributed by atoms with Gasteiger partial charge in [0.05, 0.1) is 0 Å². The van der Waals surface area contributed by atoms with E-state index in [1.165, 1.54) is 0 Å². The van der Waals surface area contributed by atoms with Crippen molar-refractivity contribution < 1.29 is 9.90 Å². The topological polar surface area (TPSA) is 53.1 Å². The minimum absolute atomic E-state index is 0.256. The number of aromatic amines is 1. The van der Waals surface area contributed by atoms with Gasteiger partial charge in [-0.05, 0) is 0 Å². The van der Waals surface area contributed by atoms with Gasteiger partial charge in [-0.2, -0.15) is 0 Å². The van der Waals surface area contributed by atoms with Crippen LogP contribution in [0.3, 0.4) is 0 Å². The zero-order valence-electron chi connectivity index (χ0n) is 5.80. The summed E-state index contributed by atoms with van der Waals surface area (Å²) in [7, 11) is 0. The Bertz CT molecular complexity index is 445. The van der Waals surface area contributed by atoms with Gasteiger partial charge in [-0.15, -0.1) is 0 Å². The van der Waals surface area contributed by atoms with Crippen LogP contribution in [0.15, 0.2) is 15.5 Å². The molecule has 0 aliphatic rings. The molecular weight excluding hydrogens is 289 g/mol. The zero-order valence-corrected chi connectivity index (χ0v) is 9.10. The molecular formula is C7H4BrNO2Se. The molecule has 0 aliphatic heterocycles. The average molecular weight is 293 g/mol. The average Bonchev–Trinajstić information content (AvgIpc) is 2.53. The van der Waals surface area contributed by atoms with Crippen LogP contribution >= 0.6 is 15.9 Å². The molecule has 0 aromatic carbocycles. The molecule has 12 heavy (non-hydrogen) atoms. The van der Waals surface area contributed by atoms with E-state index >= 15 is 0 Å². The summed E-state index contributed by atoms with van der Waals surface area (Å²) in [5, 5.41) is 9.74. The molecule has 0 amide bonds. The fourth-order valence-electron chi connectivity index (χ4n) is 1.03. The molecule has 2 aromatic rings. The number of rotatable bonds is 1. The molecule has 5 heteroatoms. The van der Waals surface area contributed by atoms with E-state index in [0.29, 0.717) is 4.47 Å². The van der Waals surface area contributed by atoms with Gasteiger partial charge < -0.3 is 0 Å². The SMILES string of the molecule is O=C(O)c1[nH]c2[se]ccc2c1Br. The fourth-order valence-corrected chi connectivity index (χ4v) is 3.60. The van der Waals surface area contributed by atoms with Crippen LogP contribution in [0.25, 0.3) is 9.78 Å². The van der Waals surface area contributed by atoms with Gasteiger partial charge in [0, 0.05) is 0 Å². The maximum absolute atomic E-state index is 10.6. The van der Waals surface area contributed by atoms with Gasteiger partial charge >= 0.3 is 82.2 Å². The number of hydrogen-bond donors (Lipinski definition) is 2. The van der Waals surface area contributed by atoms with Crippen molar-refractivity contribution in [1.82, 2.24) is 4.98 Å². The van der Waals surface area contributed by atoms with Crippen LogP contribution in [-0.4, -0.2) is 30.6 Å². The third-order valence-electron chi connectivity index (χ3n) is 1.57. The van der Waals surface area contributed by atoms with Crippen LogP contribution in [0.5, 0.6) is 0 Å². The Hall–Kier alpha value is -0.511. The summed E-state index contributed by atoms with van der Waals surface area (Å²) in [5.41, 5.74) is 0.256. The molecule has 2 N–H and O–H groups in total. The van der Waals surface area contributed by atoms with Gasteiger partial charge in [-0.25, -0.2) is 0 Å². The molecule has 3 nitrogen and oxygen atoms in total. The Morgan fingerprint density at radius 1 is 1.67 bits per heavy atom. The summed E-state index contributed by atoms with van der Waals surface area (Å²) in [6.45, 7) is 0. The maximum atomic E-state index is 10.6. The molecule has 0 atom stereocenters. The summed E-state index contributed by atoms with van der Waals surface area (Å²) in [6.07, 6.45) is 0. The monoisotopic (exact) mass is 293 g/mol. The van der Waals surface area contributed by atoms with E-state index < -0.39 is 5.97 Å². The molecule has 2 rings (SSSR count). The summed E-state index contributed by atoms with van der Waals surface area (Å²) in [5.74, 6) is -0.916. The summed E-state index contributed by atoms with van der Waals surface area (Å²) in [6, 6.07) is 1.95. The molecule has 2 aromatic heterocycles. The molecule has 0 aliphatic carbocycles. The van der Waals surface area contributed by atoms with Gasteiger partial charge in [0.15, 0.2) is 0 Å². The Morgan fingerprint density at radius 2 is 2.42 bits per heavy atom. The van der Waals surface area contributed by atoms with Gasteiger partial charge in [-0.1, -0.05) is 0 Å². The van der Waals surface area contributed by atoms with Crippen molar-refractivity contribution >= 4 is 46.2 Å². The van der Waals surface area contributed by atoms with Gasteiger partial charge in [0.2, 0.25) is 0 Å². The molecule has 0 saturated heterocycles. The molecule has 0 unspecified atom stereocenters. The van der Waals surface area contributed by atoms with Crippen LogP contribution in [-0.2, 0) is 0 Å². The number of halogens is 1. The molecule has 0 saturated carbocycles. The van der Waals surface area contributed by atoms with Crippen LogP contribution in [0.2, 0.25) is 0 Å². The number of carboxylic acids is 1. The van der Waals surface area contributed by atoms with E-state index in [9.17, 15) is 4.79 Å². The second kappa shape index (κ2) is 2.76. The summed E-state index contributed by atoms with van der Waals surface area (Å²) >= 11 is 3.52. The molecule has 2 heterocycles. The molecule has 0 radical (unpaired) electrons. The van der Waals surface area contributed by atoms with Crippen LogP contribution in [0, 0.1) is 0 Å². The first kappa shape index (κ1) is 8.10. The fraction of sp³-hybridized carbons (Fsp3) is 0. The van der Waals surface area contributed by atoms with E-state index in [2.05, 4.69) is 25.9 Å². The van der Waals surface area contributed by atoms with Crippen molar-refractivity contribution in [2.75, 3.05) is 0 Å². The number of hydrogen-bond acceptors (Lipinski definition) is 1. The predicted octanol–water partition coefficient (Wildman–Crippen LogP) is 1.69. The van der Waals surface area contributed by atoms with E-state index in [1.807, 2.05) is 6.07 Å². The second-order valence-electron chi connectivity index (χ2n) is 2.28. The van der Waals surface area contributed by atoms with Crippen molar-refractivity contribution in [2.45, 2.75) is 0 Å². The predicted molar refractivity (Wildman–Crippen MR) is 49.9 cm³/mol. The Labute approximate surface area is 82.3 Å². The zero-order chi connectivity index (χ0) is 8.72. The number of carbonyl (C=O) groups is 1. The van der Waals surface area contributed by atoms with Crippen molar-refractivity contribution in [3.05, 3.63) is 21.2 Å². The van der Waals surface area contributed by atoms with Crippen LogP contribution < -0.4 is 0 Å². The number of carboxylic acid groups (broad SMARTS) is 1. The van der Waals surface area contributed by atoms with Gasteiger partial charge in [0.25, 0.3) is 0 Å². The number of aromatic carboxylic acids is 1. The third-order valence-corrected chi connectivity index (χ3v) is 4.14. The van der Waals surface area contributed by atoms with Gasteiger partial charge in [-0.3, -0.25) is 0 Å². The first-order valence-electron chi connectivity index (χ1n) is 3.18. The standard InChI is InChI=1S/C7H4BrNO2Se/c8-4-3-1-2-12-6(3)9-5(4)7(10)11/h1-2,9H,(H,10,11). The quantitative estimate of drug-likeness (QED) is 0.786. The molecule has 0 spiro atoms. The summed E-state index contributed by atoms with van der Waals surface area (Å²) < 4.78 is 1.70. The molecule has 0 bridgehead atoms. The van der Waals surface area contributed by atoms with Gasteiger partial charge in [0.1, 0.15) is 0 Å². The first-order valence-corrected chi connectivity index (χ1v) is 5.82. The Kier molecular flexibility index (Phi) is 1.87. The van der Waals surface area contributed by atoms with Crippen molar-refractivity contribution in [3.8, 4) is 0 Å². The second-order valence-corrected chi connectivity index (χ2v) is 5.00. The summed E-state index contributed by atoms with van der Waals surface area (Å²) in [4.78, 5) is 15.6. The number of fused-ring (bicyclic) bond motifs is 1. The number of nitrogens with one attached hydrogen (secondary N) is 1. The van der Waals surface area contributed by atoms with E-state index in [1.54, 1.807) is 0 Å². The minimum atomic E-state index is -0.916. The van der Waals surface area contributed by atoms with Crippen molar-refractivity contribution in [1.29, 1.82) is 0 Å². The van der Waals surface area contributed by atoms with Crippen molar-refractivity contribution in [2.24, 2.45) is 0 Å². The molecule has 62 valence electrons.